The van der Waals surface area contributed by atoms with Gasteiger partial charge in [0.2, 0.25) is 0 Å². The molecule has 0 bridgehead atoms. The number of nitrogens with zero attached hydrogens (tertiary/aromatic N) is 1. The van der Waals surface area contributed by atoms with Gasteiger partial charge >= 0.3 is 12.3 Å². The molecule has 1 nitrogen and oxygen atoms in total. The van der Waals surface area contributed by atoms with E-state index >= 15 is 0 Å². The van der Waals surface area contributed by atoms with Crippen molar-refractivity contribution in [2.45, 2.75) is 59.3 Å². The van der Waals surface area contributed by atoms with Gasteiger partial charge in [-0.05, 0) is 34.9 Å². The molecule has 0 heterocycles. The quantitative estimate of drug-likeness (QED) is 0.218. The molecule has 178 valence electrons. The first-order chi connectivity index (χ1) is 15.0. The van der Waals surface area contributed by atoms with Gasteiger partial charge in [0.05, 0.1) is 6.07 Å². The lowest BCUT2D eigenvalue weighted by atomic mass is 9.91. The summed E-state index contributed by atoms with van der Waals surface area (Å²) in [6.45, 7) is 23.6. The Hall–Kier alpha value is -2.94. The van der Waals surface area contributed by atoms with E-state index in [2.05, 4.69) is 26.3 Å². The fraction of sp³-hybridized carbons (Fsp3) is 0.346. The molecule has 0 fully saturated rings. The Labute approximate surface area is 190 Å². The Morgan fingerprint density at radius 1 is 1.03 bits per heavy atom. The van der Waals surface area contributed by atoms with E-state index in [4.69, 9.17) is 5.26 Å². The van der Waals surface area contributed by atoms with Gasteiger partial charge in [0.15, 0.2) is 0 Å². The SMILES string of the molecule is C=C(C#N)/C=C\C(=C)[C@@H](C)c1cc(F)cc(CC(F)(F)C(F)F)c1.C=CC=C.CC.CC. The molecule has 1 aromatic carbocycles. The molecule has 1 atom stereocenters. The molecular formula is C26H34F5N. The van der Waals surface area contributed by atoms with Crippen LogP contribution >= 0.6 is 0 Å². The number of halogens is 5. The first kappa shape index (κ1) is 33.7. The molecule has 0 radical (unpaired) electrons. The van der Waals surface area contributed by atoms with Gasteiger partial charge in [-0.1, -0.05) is 85.2 Å². The molecule has 0 aliphatic carbocycles. The van der Waals surface area contributed by atoms with Crippen LogP contribution in [0.3, 0.4) is 0 Å². The molecule has 0 N–H and O–H groups in total. The van der Waals surface area contributed by atoms with Crippen molar-refractivity contribution in [2.24, 2.45) is 0 Å². The molecule has 32 heavy (non-hydrogen) atoms. The van der Waals surface area contributed by atoms with Crippen LogP contribution in [0.2, 0.25) is 0 Å². The molecule has 0 saturated heterocycles. The van der Waals surface area contributed by atoms with Crippen LogP contribution in [0.5, 0.6) is 0 Å². The monoisotopic (exact) mass is 455 g/mol. The molecule has 0 aliphatic heterocycles. The van der Waals surface area contributed by atoms with Gasteiger partial charge in [0.1, 0.15) is 5.82 Å². The van der Waals surface area contributed by atoms with E-state index in [-0.39, 0.29) is 11.1 Å². The maximum absolute atomic E-state index is 13.7. The maximum atomic E-state index is 13.7. The van der Waals surface area contributed by atoms with Crippen LogP contribution in [0.4, 0.5) is 22.0 Å². The lowest BCUT2D eigenvalue weighted by Crippen LogP contribution is -2.29. The third-order valence-electron chi connectivity index (χ3n) is 3.60. The molecule has 0 aromatic heterocycles. The second-order valence-electron chi connectivity index (χ2n) is 5.87. The van der Waals surface area contributed by atoms with Crippen LogP contribution in [0.1, 0.15) is 51.7 Å². The van der Waals surface area contributed by atoms with Gasteiger partial charge in [0.25, 0.3) is 0 Å². The summed E-state index contributed by atoms with van der Waals surface area (Å²) in [5, 5.41) is 8.62. The number of allylic oxidation sites excluding steroid dienone is 6. The molecule has 0 unspecified atom stereocenters. The van der Waals surface area contributed by atoms with E-state index in [0.29, 0.717) is 11.1 Å². The third-order valence-corrected chi connectivity index (χ3v) is 3.60. The van der Waals surface area contributed by atoms with E-state index in [1.54, 1.807) is 19.1 Å². The van der Waals surface area contributed by atoms with E-state index in [1.165, 1.54) is 18.2 Å². The van der Waals surface area contributed by atoms with Crippen molar-refractivity contribution >= 4 is 0 Å². The standard InChI is InChI=1S/C18H16F5N.C4H6.2C2H6/c1-11(10-24)4-5-12(2)13(3)15-6-14(7-16(19)8-15)9-18(22,23)17(20)21;1-3-4-2;2*1-2/h4-8,13,17H,1-2,9H2,3H3;3-4H,1-2H2;2*1-2H3/b5-4-;;;/t13-;;;/m1.../s1. The van der Waals surface area contributed by atoms with Gasteiger partial charge in [-0.3, -0.25) is 0 Å². The first-order valence-electron chi connectivity index (χ1n) is 10.1. The van der Waals surface area contributed by atoms with Gasteiger partial charge in [-0.2, -0.15) is 14.0 Å². The fourth-order valence-corrected chi connectivity index (χ4v) is 1.98. The summed E-state index contributed by atoms with van der Waals surface area (Å²) in [6.07, 6.45) is 1.13. The Bertz CT molecular complexity index is 780. The molecule has 0 spiro atoms. The van der Waals surface area contributed by atoms with Gasteiger partial charge < -0.3 is 0 Å². The number of hydrogen-bond donors (Lipinski definition) is 0. The number of alkyl halides is 4. The zero-order valence-electron chi connectivity index (χ0n) is 19.6. The Balaban J connectivity index is -0.000000920. The molecule has 1 aromatic rings. The smallest absolute Gasteiger partial charge is 0.207 e. The van der Waals surface area contributed by atoms with Crippen molar-refractivity contribution in [1.29, 1.82) is 5.26 Å². The van der Waals surface area contributed by atoms with Crippen LogP contribution < -0.4 is 0 Å². The molecule has 6 heteroatoms. The first-order valence-corrected chi connectivity index (χ1v) is 10.1. The number of benzene rings is 1. The number of rotatable bonds is 8. The minimum Gasteiger partial charge on any atom is -0.207 e. The summed E-state index contributed by atoms with van der Waals surface area (Å²) in [5.74, 6) is -5.48. The normalized spacial score (nSPS) is 10.8. The summed E-state index contributed by atoms with van der Waals surface area (Å²) in [6, 6.07) is 5.01. The average Bonchev–Trinajstić information content (AvgIpc) is 2.78. The minimum absolute atomic E-state index is 0.194. The molecule has 0 amide bonds. The van der Waals surface area contributed by atoms with E-state index in [0.717, 1.165) is 12.1 Å². The summed E-state index contributed by atoms with van der Waals surface area (Å²) in [4.78, 5) is 0. The predicted octanol–water partition coefficient (Wildman–Crippen LogP) is 8.98. The van der Waals surface area contributed by atoms with Crippen molar-refractivity contribution in [2.75, 3.05) is 0 Å². The van der Waals surface area contributed by atoms with Gasteiger partial charge in [-0.15, -0.1) is 0 Å². The Kier molecular flexibility index (Phi) is 19.8. The van der Waals surface area contributed by atoms with Gasteiger partial charge in [0, 0.05) is 17.9 Å². The van der Waals surface area contributed by atoms with Crippen LogP contribution in [0, 0.1) is 17.1 Å². The zero-order chi connectivity index (χ0) is 25.9. The highest BCUT2D eigenvalue weighted by molar-refractivity contribution is 5.39. The minimum atomic E-state index is -4.23. The van der Waals surface area contributed by atoms with Gasteiger partial charge in [-0.25, -0.2) is 13.2 Å². The highest BCUT2D eigenvalue weighted by Crippen LogP contribution is 2.30. The average molecular weight is 456 g/mol. The topological polar surface area (TPSA) is 23.8 Å². The fourth-order valence-electron chi connectivity index (χ4n) is 1.98. The summed E-state index contributed by atoms with van der Waals surface area (Å²) in [7, 11) is 0. The zero-order valence-corrected chi connectivity index (χ0v) is 19.6. The van der Waals surface area contributed by atoms with Crippen molar-refractivity contribution in [3.8, 4) is 6.07 Å². The van der Waals surface area contributed by atoms with Crippen LogP contribution in [-0.4, -0.2) is 12.3 Å². The molecule has 0 aliphatic rings. The molecule has 0 saturated carbocycles. The predicted molar refractivity (Wildman–Crippen MR) is 126 cm³/mol. The van der Waals surface area contributed by atoms with Crippen LogP contribution in [0.15, 0.2) is 80.0 Å². The largest absolute Gasteiger partial charge is 0.311 e. The summed E-state index contributed by atoms with van der Waals surface area (Å²) >= 11 is 0. The highest BCUT2D eigenvalue weighted by Gasteiger charge is 2.40. The van der Waals surface area contributed by atoms with E-state index < -0.39 is 30.5 Å². The lowest BCUT2D eigenvalue weighted by molar-refractivity contribution is -0.127. The lowest BCUT2D eigenvalue weighted by Gasteiger charge is -2.18. The van der Waals surface area contributed by atoms with Crippen LogP contribution in [0.25, 0.3) is 0 Å². The summed E-state index contributed by atoms with van der Waals surface area (Å²) in [5.41, 5.74) is 0.788. The summed E-state index contributed by atoms with van der Waals surface area (Å²) < 4.78 is 64.6. The van der Waals surface area contributed by atoms with Crippen LogP contribution in [-0.2, 0) is 6.42 Å². The van der Waals surface area contributed by atoms with Crippen molar-refractivity contribution in [1.82, 2.24) is 0 Å². The molecular weight excluding hydrogens is 421 g/mol. The van der Waals surface area contributed by atoms with E-state index in [9.17, 15) is 22.0 Å². The number of nitriles is 1. The Morgan fingerprint density at radius 3 is 1.94 bits per heavy atom. The Morgan fingerprint density at radius 2 is 1.53 bits per heavy atom. The second kappa shape index (κ2) is 18.8. The van der Waals surface area contributed by atoms with E-state index in [1.807, 2.05) is 33.8 Å². The highest BCUT2D eigenvalue weighted by atomic mass is 19.3. The van der Waals surface area contributed by atoms with Crippen molar-refractivity contribution in [3.05, 3.63) is 96.9 Å². The number of hydrogen-bond acceptors (Lipinski definition) is 1. The van der Waals surface area contributed by atoms with Crippen molar-refractivity contribution in [3.63, 3.8) is 0 Å². The third kappa shape index (κ3) is 14.1. The second-order valence-corrected chi connectivity index (χ2v) is 5.87. The van der Waals surface area contributed by atoms with Crippen molar-refractivity contribution < 1.29 is 22.0 Å². The maximum Gasteiger partial charge on any atom is 0.311 e. The molecule has 1 rings (SSSR count).